The Morgan fingerprint density at radius 1 is 1.00 bits per heavy atom. The van der Waals surface area contributed by atoms with Crippen molar-refractivity contribution in [3.05, 3.63) is 83.3 Å². The molecule has 1 atom stereocenters. The molecule has 0 saturated heterocycles. The van der Waals surface area contributed by atoms with Crippen LogP contribution < -0.4 is 15.0 Å². The van der Waals surface area contributed by atoms with Crippen molar-refractivity contribution < 1.29 is 18.7 Å². The van der Waals surface area contributed by atoms with Crippen molar-refractivity contribution >= 4 is 17.5 Å². The average molecular weight is 459 g/mol. The van der Waals surface area contributed by atoms with E-state index in [0.717, 1.165) is 50.5 Å². The number of fused-ring (bicyclic) bond motifs is 1. The smallest absolute Gasteiger partial charge is 0.294 e. The number of anilines is 1. The number of hydrogen-bond donors (Lipinski definition) is 1. The molecule has 0 bridgehead atoms. The average Bonchev–Trinajstić information content (AvgIpc) is 3.64. The maximum Gasteiger partial charge on any atom is 0.294 e. The Hall–Kier alpha value is -3.54. The van der Waals surface area contributed by atoms with E-state index >= 15 is 0 Å². The highest BCUT2D eigenvalue weighted by molar-refractivity contribution is 6.08. The van der Waals surface area contributed by atoms with Crippen molar-refractivity contribution in [3.63, 3.8) is 0 Å². The van der Waals surface area contributed by atoms with E-state index < -0.39 is 6.04 Å². The molecule has 1 heterocycles. The Bertz CT molecular complexity index is 1150. The maximum atomic E-state index is 13.8. The summed E-state index contributed by atoms with van der Waals surface area (Å²) in [4.78, 5) is 29.2. The summed E-state index contributed by atoms with van der Waals surface area (Å²) in [7, 11) is 1.61. The van der Waals surface area contributed by atoms with Gasteiger partial charge < -0.3 is 14.5 Å². The first-order valence-electron chi connectivity index (χ1n) is 12.1. The van der Waals surface area contributed by atoms with E-state index in [1.807, 2.05) is 30.3 Å². The van der Waals surface area contributed by atoms with Gasteiger partial charge in [-0.2, -0.15) is 0 Å². The largest absolute Gasteiger partial charge is 0.497 e. The van der Waals surface area contributed by atoms with Crippen LogP contribution in [0.5, 0.6) is 5.75 Å². The number of nitrogens with zero attached hydrogens (tertiary/aromatic N) is 1. The minimum atomic E-state index is -0.844. The molecule has 2 amide bonds. The van der Waals surface area contributed by atoms with Gasteiger partial charge in [-0.1, -0.05) is 31.0 Å². The van der Waals surface area contributed by atoms with Crippen molar-refractivity contribution in [2.75, 3.05) is 12.0 Å². The molecule has 2 aromatic carbocycles. The Balaban J connectivity index is 1.60. The SMILES string of the molecule is COc1ccc(C(C(=O)NC2CCCC2)N(C(=O)c2ccco2)c2ccc3c(c2)CCC3)cc1. The van der Waals surface area contributed by atoms with Crippen LogP contribution in [-0.2, 0) is 17.6 Å². The Morgan fingerprint density at radius 3 is 2.47 bits per heavy atom. The molecule has 6 heteroatoms. The molecule has 1 unspecified atom stereocenters. The van der Waals surface area contributed by atoms with Gasteiger partial charge in [0.2, 0.25) is 5.91 Å². The summed E-state index contributed by atoms with van der Waals surface area (Å²) < 4.78 is 10.8. The van der Waals surface area contributed by atoms with Crippen molar-refractivity contribution in [3.8, 4) is 5.75 Å². The van der Waals surface area contributed by atoms with E-state index in [0.29, 0.717) is 11.4 Å². The van der Waals surface area contributed by atoms with Gasteiger partial charge in [0.25, 0.3) is 5.91 Å². The first-order valence-corrected chi connectivity index (χ1v) is 12.1. The highest BCUT2D eigenvalue weighted by Crippen LogP contribution is 2.34. The number of furan rings is 1. The van der Waals surface area contributed by atoms with Gasteiger partial charge in [0.1, 0.15) is 11.8 Å². The maximum absolute atomic E-state index is 13.8. The number of ether oxygens (including phenoxy) is 1. The van der Waals surface area contributed by atoms with Crippen LogP contribution in [0.1, 0.15) is 65.4 Å². The van der Waals surface area contributed by atoms with Crippen molar-refractivity contribution in [2.45, 2.75) is 57.0 Å². The minimum Gasteiger partial charge on any atom is -0.497 e. The lowest BCUT2D eigenvalue weighted by Gasteiger charge is -2.32. The quantitative estimate of drug-likeness (QED) is 0.527. The number of nitrogens with one attached hydrogen (secondary N) is 1. The van der Waals surface area contributed by atoms with Gasteiger partial charge in [-0.05, 0) is 85.2 Å². The van der Waals surface area contributed by atoms with Crippen molar-refractivity contribution in [1.82, 2.24) is 5.32 Å². The van der Waals surface area contributed by atoms with Crippen LogP contribution in [0.25, 0.3) is 0 Å². The molecule has 0 aliphatic heterocycles. The minimum absolute atomic E-state index is 0.133. The third-order valence-electron chi connectivity index (χ3n) is 6.95. The van der Waals surface area contributed by atoms with E-state index in [1.165, 1.54) is 17.4 Å². The molecule has 1 aromatic heterocycles. The fourth-order valence-electron chi connectivity index (χ4n) is 5.16. The van der Waals surface area contributed by atoms with Crippen LogP contribution in [0.2, 0.25) is 0 Å². The molecule has 6 nitrogen and oxygen atoms in total. The molecule has 2 aliphatic rings. The number of rotatable bonds is 7. The van der Waals surface area contributed by atoms with Crippen LogP contribution in [0.4, 0.5) is 5.69 Å². The lowest BCUT2D eigenvalue weighted by molar-refractivity contribution is -0.123. The lowest BCUT2D eigenvalue weighted by atomic mass is 10.0. The monoisotopic (exact) mass is 458 g/mol. The topological polar surface area (TPSA) is 71.8 Å². The van der Waals surface area contributed by atoms with Crippen LogP contribution in [-0.4, -0.2) is 25.0 Å². The van der Waals surface area contributed by atoms with Crippen molar-refractivity contribution in [1.29, 1.82) is 0 Å². The Kier molecular flexibility index (Phi) is 6.39. The van der Waals surface area contributed by atoms with E-state index in [2.05, 4.69) is 17.4 Å². The van der Waals surface area contributed by atoms with E-state index in [4.69, 9.17) is 9.15 Å². The molecule has 2 aliphatic carbocycles. The number of carbonyl (C=O) groups excluding carboxylic acids is 2. The predicted octanol–water partition coefficient (Wildman–Crippen LogP) is 5.22. The number of carbonyl (C=O) groups is 2. The molecule has 1 saturated carbocycles. The number of aryl methyl sites for hydroxylation is 2. The van der Waals surface area contributed by atoms with Crippen LogP contribution in [0, 0.1) is 0 Å². The van der Waals surface area contributed by atoms with Gasteiger partial charge in [-0.15, -0.1) is 0 Å². The second kappa shape index (κ2) is 9.75. The number of methoxy groups -OCH3 is 1. The van der Waals surface area contributed by atoms with Gasteiger partial charge in [-0.25, -0.2) is 0 Å². The van der Waals surface area contributed by atoms with Gasteiger partial charge in [0, 0.05) is 11.7 Å². The van der Waals surface area contributed by atoms with E-state index in [1.54, 1.807) is 24.1 Å². The molecule has 1 N–H and O–H groups in total. The van der Waals surface area contributed by atoms with E-state index in [-0.39, 0.29) is 23.6 Å². The third-order valence-corrected chi connectivity index (χ3v) is 6.95. The number of amides is 2. The lowest BCUT2D eigenvalue weighted by Crippen LogP contribution is -2.46. The molecule has 34 heavy (non-hydrogen) atoms. The standard InChI is InChI=1S/C28H30N2O4/c1-33-24-15-12-20(13-16-24)26(27(31)29-22-8-2-3-9-22)30(28(32)25-10-5-17-34-25)23-14-11-19-6-4-7-21(19)18-23/h5,10-18,22,26H,2-4,6-9H2,1H3,(H,29,31). The molecule has 1 fully saturated rings. The van der Waals surface area contributed by atoms with Gasteiger partial charge >= 0.3 is 0 Å². The summed E-state index contributed by atoms with van der Waals surface area (Å²) in [6.45, 7) is 0. The first-order chi connectivity index (χ1) is 16.6. The molecular weight excluding hydrogens is 428 g/mol. The van der Waals surface area contributed by atoms with Crippen LogP contribution >= 0.6 is 0 Å². The zero-order chi connectivity index (χ0) is 23.5. The summed E-state index contributed by atoms with van der Waals surface area (Å²) in [5, 5.41) is 3.21. The fourth-order valence-corrected chi connectivity index (χ4v) is 5.16. The molecule has 0 radical (unpaired) electrons. The van der Waals surface area contributed by atoms with Gasteiger partial charge in [0.05, 0.1) is 13.4 Å². The fraction of sp³-hybridized carbons (Fsp3) is 0.357. The van der Waals surface area contributed by atoms with Gasteiger partial charge in [0.15, 0.2) is 5.76 Å². The molecular formula is C28H30N2O4. The summed E-state index contributed by atoms with van der Waals surface area (Å²) in [5.74, 6) is 0.371. The number of benzene rings is 2. The molecule has 5 rings (SSSR count). The first kappa shape index (κ1) is 22.3. The summed E-state index contributed by atoms with van der Waals surface area (Å²) in [5.41, 5.74) is 3.96. The number of hydrogen-bond acceptors (Lipinski definition) is 4. The summed E-state index contributed by atoms with van der Waals surface area (Å²) in [6, 6.07) is 16.1. The second-order valence-electron chi connectivity index (χ2n) is 9.12. The highest BCUT2D eigenvalue weighted by Gasteiger charge is 2.36. The predicted molar refractivity (Wildman–Crippen MR) is 130 cm³/mol. The molecule has 0 spiro atoms. The normalized spacial score (nSPS) is 16.1. The van der Waals surface area contributed by atoms with Crippen LogP contribution in [0.3, 0.4) is 0 Å². The Morgan fingerprint density at radius 2 is 1.76 bits per heavy atom. The van der Waals surface area contributed by atoms with E-state index in [9.17, 15) is 9.59 Å². The van der Waals surface area contributed by atoms with Crippen molar-refractivity contribution in [2.24, 2.45) is 0 Å². The zero-order valence-corrected chi connectivity index (χ0v) is 19.5. The molecule has 3 aromatic rings. The molecule has 176 valence electrons. The zero-order valence-electron chi connectivity index (χ0n) is 19.5. The van der Waals surface area contributed by atoms with Crippen LogP contribution in [0.15, 0.2) is 65.3 Å². The summed E-state index contributed by atoms with van der Waals surface area (Å²) in [6.07, 6.45) is 8.76. The highest BCUT2D eigenvalue weighted by atomic mass is 16.5. The van der Waals surface area contributed by atoms with Gasteiger partial charge in [-0.3, -0.25) is 14.5 Å². The Labute approximate surface area is 199 Å². The third kappa shape index (κ3) is 4.45. The summed E-state index contributed by atoms with van der Waals surface area (Å²) >= 11 is 0. The second-order valence-corrected chi connectivity index (χ2v) is 9.12.